The Labute approximate surface area is 225 Å². The van der Waals surface area contributed by atoms with Gasteiger partial charge in [-0.25, -0.2) is 0 Å². The van der Waals surface area contributed by atoms with E-state index >= 15 is 0 Å². The van der Waals surface area contributed by atoms with E-state index in [2.05, 4.69) is 20.8 Å². The highest BCUT2D eigenvalue weighted by molar-refractivity contribution is 6.52. The Morgan fingerprint density at radius 3 is 2.19 bits per heavy atom. The van der Waals surface area contributed by atoms with E-state index in [1.165, 1.54) is 11.0 Å². The Morgan fingerprint density at radius 2 is 1.51 bits per heavy atom. The molecule has 0 aliphatic carbocycles. The van der Waals surface area contributed by atoms with Gasteiger partial charge in [0.2, 0.25) is 0 Å². The molecule has 0 saturated carbocycles. The van der Waals surface area contributed by atoms with Crippen LogP contribution in [-0.2, 0) is 15.0 Å². The largest absolute Gasteiger partial charge is 0.507 e. The van der Waals surface area contributed by atoms with Crippen molar-refractivity contribution < 1.29 is 14.7 Å². The lowest BCUT2D eigenvalue weighted by atomic mass is 9.85. The molecule has 4 aromatic rings. The third kappa shape index (κ3) is 4.41. The number of benzene rings is 4. The number of aliphatic hydroxyl groups is 1. The van der Waals surface area contributed by atoms with E-state index in [1.54, 1.807) is 12.1 Å². The lowest BCUT2D eigenvalue weighted by Gasteiger charge is -2.27. The number of amides is 1. The molecule has 1 aliphatic heterocycles. The third-order valence-corrected chi connectivity index (χ3v) is 7.50. The number of anilines is 1. The molecule has 6 heteroatoms. The summed E-state index contributed by atoms with van der Waals surface area (Å²) in [4.78, 5) is 28.6. The molecule has 1 heterocycles. The summed E-state index contributed by atoms with van der Waals surface area (Å²) in [6.07, 6.45) is 0. The Hall–Kier alpha value is -3.60. The van der Waals surface area contributed by atoms with Crippen molar-refractivity contribution in [2.75, 3.05) is 4.90 Å². The van der Waals surface area contributed by atoms with Crippen molar-refractivity contribution >= 4 is 57.1 Å². The summed E-state index contributed by atoms with van der Waals surface area (Å²) in [7, 11) is 0. The van der Waals surface area contributed by atoms with Gasteiger partial charge in [-0.1, -0.05) is 105 Å². The maximum Gasteiger partial charge on any atom is 0.300 e. The van der Waals surface area contributed by atoms with Crippen LogP contribution < -0.4 is 4.90 Å². The van der Waals surface area contributed by atoms with Crippen molar-refractivity contribution in [1.29, 1.82) is 0 Å². The van der Waals surface area contributed by atoms with E-state index in [0.29, 0.717) is 21.8 Å². The van der Waals surface area contributed by atoms with Gasteiger partial charge in [0.05, 0.1) is 27.3 Å². The van der Waals surface area contributed by atoms with Gasteiger partial charge in [-0.15, -0.1) is 0 Å². The second kappa shape index (κ2) is 9.37. The first-order valence-corrected chi connectivity index (χ1v) is 12.7. The average molecular weight is 530 g/mol. The smallest absolute Gasteiger partial charge is 0.300 e. The number of halogens is 2. The maximum absolute atomic E-state index is 13.6. The first-order chi connectivity index (χ1) is 17.6. The average Bonchev–Trinajstić information content (AvgIpc) is 3.14. The molecule has 0 radical (unpaired) electrons. The molecule has 186 valence electrons. The number of ketones is 1. The van der Waals surface area contributed by atoms with Crippen LogP contribution in [0.2, 0.25) is 10.0 Å². The molecular formula is C31H25Cl2NO3. The van der Waals surface area contributed by atoms with E-state index in [0.717, 1.165) is 16.3 Å². The Morgan fingerprint density at radius 1 is 0.838 bits per heavy atom. The minimum atomic E-state index is -0.839. The number of rotatable bonds is 3. The van der Waals surface area contributed by atoms with Crippen LogP contribution in [0.5, 0.6) is 0 Å². The van der Waals surface area contributed by atoms with Gasteiger partial charge in [0.25, 0.3) is 11.7 Å². The zero-order chi connectivity index (χ0) is 26.5. The van der Waals surface area contributed by atoms with Gasteiger partial charge in [0.15, 0.2) is 0 Å². The molecule has 1 N–H and O–H groups in total. The van der Waals surface area contributed by atoms with E-state index < -0.39 is 17.7 Å². The first-order valence-electron chi connectivity index (χ1n) is 11.9. The molecule has 0 bridgehead atoms. The molecule has 1 atom stereocenters. The van der Waals surface area contributed by atoms with Gasteiger partial charge in [-0.3, -0.25) is 14.5 Å². The SMILES string of the molecule is CC(C)(C)c1ccc(C2/C(=C(\O)c3ccc(Cl)c(Cl)c3)C(=O)C(=O)N2c2cccc3ccccc23)cc1. The van der Waals surface area contributed by atoms with Gasteiger partial charge in [-0.2, -0.15) is 0 Å². The normalized spacial score (nSPS) is 17.5. The van der Waals surface area contributed by atoms with Crippen molar-refractivity contribution in [1.82, 2.24) is 0 Å². The van der Waals surface area contributed by atoms with E-state index in [-0.39, 0.29) is 21.8 Å². The van der Waals surface area contributed by atoms with Crippen LogP contribution in [0.4, 0.5) is 5.69 Å². The summed E-state index contributed by atoms with van der Waals surface area (Å²) < 4.78 is 0. The summed E-state index contributed by atoms with van der Waals surface area (Å²) >= 11 is 12.3. The van der Waals surface area contributed by atoms with Crippen LogP contribution >= 0.6 is 23.2 Å². The summed E-state index contributed by atoms with van der Waals surface area (Å²) in [5.74, 6) is -1.77. The van der Waals surface area contributed by atoms with E-state index in [4.69, 9.17) is 23.2 Å². The molecule has 0 aromatic heterocycles. The highest BCUT2D eigenvalue weighted by atomic mass is 35.5. The Bertz CT molecular complexity index is 1580. The lowest BCUT2D eigenvalue weighted by Crippen LogP contribution is -2.29. The minimum absolute atomic E-state index is 0.000156. The van der Waals surface area contributed by atoms with Crippen LogP contribution in [0, 0.1) is 0 Å². The van der Waals surface area contributed by atoms with Crippen LogP contribution in [0.15, 0.2) is 90.5 Å². The van der Waals surface area contributed by atoms with Gasteiger partial charge in [0, 0.05) is 10.9 Å². The molecule has 1 fully saturated rings. The molecule has 4 nitrogen and oxygen atoms in total. The van der Waals surface area contributed by atoms with Crippen molar-refractivity contribution in [2.45, 2.75) is 32.2 Å². The van der Waals surface area contributed by atoms with Crippen molar-refractivity contribution in [3.63, 3.8) is 0 Å². The number of hydrogen-bond donors (Lipinski definition) is 1. The quantitative estimate of drug-likeness (QED) is 0.166. The fourth-order valence-corrected chi connectivity index (χ4v) is 5.08. The fraction of sp³-hybridized carbons (Fsp3) is 0.161. The standard InChI is InChI=1S/C31H25Cl2NO3/c1-31(2,3)21-14-11-19(12-15-21)27-26(28(35)20-13-16-23(32)24(33)17-20)29(36)30(37)34(27)25-10-6-8-18-7-4-5-9-22(18)25/h4-17,27,35H,1-3H3/b28-26+. The number of aliphatic hydroxyl groups excluding tert-OH is 1. The molecule has 5 rings (SSSR count). The highest BCUT2D eigenvalue weighted by Gasteiger charge is 2.47. The lowest BCUT2D eigenvalue weighted by molar-refractivity contribution is -0.132. The number of carbonyl (C=O) groups excluding carboxylic acids is 2. The molecule has 1 unspecified atom stereocenters. The summed E-state index contributed by atoms with van der Waals surface area (Å²) in [6, 6.07) is 24.9. The van der Waals surface area contributed by atoms with Crippen LogP contribution in [0.25, 0.3) is 16.5 Å². The molecule has 1 saturated heterocycles. The van der Waals surface area contributed by atoms with Gasteiger partial charge >= 0.3 is 0 Å². The third-order valence-electron chi connectivity index (χ3n) is 6.76. The maximum atomic E-state index is 13.6. The van der Waals surface area contributed by atoms with E-state index in [9.17, 15) is 14.7 Å². The molecule has 4 aromatic carbocycles. The predicted molar refractivity (Wildman–Crippen MR) is 150 cm³/mol. The summed E-state index contributed by atoms with van der Waals surface area (Å²) in [5.41, 5.74) is 2.65. The fourth-order valence-electron chi connectivity index (χ4n) is 4.78. The number of Topliss-reactive ketones (excluding diaryl/α,β-unsaturated/α-hetero) is 1. The van der Waals surface area contributed by atoms with Gasteiger partial charge in [-0.05, 0) is 46.2 Å². The zero-order valence-corrected chi connectivity index (χ0v) is 22.1. The number of nitrogens with zero attached hydrogens (tertiary/aromatic N) is 1. The second-order valence-corrected chi connectivity index (χ2v) is 11.0. The van der Waals surface area contributed by atoms with E-state index in [1.807, 2.05) is 66.7 Å². The molecule has 37 heavy (non-hydrogen) atoms. The number of carbonyl (C=O) groups is 2. The first kappa shape index (κ1) is 25.1. The van der Waals surface area contributed by atoms with Crippen molar-refractivity contribution in [3.05, 3.63) is 117 Å². The van der Waals surface area contributed by atoms with Crippen LogP contribution in [0.1, 0.15) is 43.5 Å². The molecule has 1 amide bonds. The van der Waals surface area contributed by atoms with Gasteiger partial charge in [0.1, 0.15) is 5.76 Å². The number of hydrogen-bond acceptors (Lipinski definition) is 3. The molecular weight excluding hydrogens is 505 g/mol. The Kier molecular flexibility index (Phi) is 6.35. The monoisotopic (exact) mass is 529 g/mol. The summed E-state index contributed by atoms with van der Waals surface area (Å²) in [6.45, 7) is 6.36. The van der Waals surface area contributed by atoms with Gasteiger partial charge < -0.3 is 5.11 Å². The van der Waals surface area contributed by atoms with Crippen molar-refractivity contribution in [3.8, 4) is 0 Å². The van der Waals surface area contributed by atoms with Crippen LogP contribution in [0.3, 0.4) is 0 Å². The zero-order valence-electron chi connectivity index (χ0n) is 20.6. The highest BCUT2D eigenvalue weighted by Crippen LogP contribution is 2.44. The Balaban J connectivity index is 1.76. The second-order valence-electron chi connectivity index (χ2n) is 10.2. The minimum Gasteiger partial charge on any atom is -0.507 e. The topological polar surface area (TPSA) is 57.6 Å². The summed E-state index contributed by atoms with van der Waals surface area (Å²) in [5, 5.41) is 13.7. The number of fused-ring (bicyclic) bond motifs is 1. The molecule has 0 spiro atoms. The van der Waals surface area contributed by atoms with Crippen LogP contribution in [-0.4, -0.2) is 16.8 Å². The van der Waals surface area contributed by atoms with Crippen molar-refractivity contribution in [2.24, 2.45) is 0 Å². The molecule has 1 aliphatic rings. The predicted octanol–water partition coefficient (Wildman–Crippen LogP) is 8.07.